The first-order valence-corrected chi connectivity index (χ1v) is 4.74. The Hall–Kier alpha value is -2.30. The highest BCUT2D eigenvalue weighted by Gasteiger charge is 2.05. The highest BCUT2D eigenvalue weighted by atomic mass is 19.1. The number of hydrogen-bond donors (Lipinski definition) is 0. The number of nitrogens with zero attached hydrogens (tertiary/aromatic N) is 4. The number of imidazole rings is 1. The molecule has 1 aromatic carbocycles. The van der Waals surface area contributed by atoms with Crippen LogP contribution in [0.3, 0.4) is 0 Å². The van der Waals surface area contributed by atoms with Crippen molar-refractivity contribution in [3.8, 4) is 5.95 Å². The molecule has 0 saturated carbocycles. The second kappa shape index (κ2) is 3.37. The minimum atomic E-state index is -0.451. The summed E-state index contributed by atoms with van der Waals surface area (Å²) in [5.74, 6) is -0.0386. The molecule has 2 aromatic heterocycles. The van der Waals surface area contributed by atoms with Gasteiger partial charge in [-0.05, 0) is 12.1 Å². The van der Waals surface area contributed by atoms with Gasteiger partial charge in [0.2, 0.25) is 5.95 Å². The predicted octanol–water partition coefficient (Wildman–Crippen LogP) is 1.95. The SMILES string of the molecule is Fc1cnc(-n2cnc3ccccc32)nc1. The lowest BCUT2D eigenvalue weighted by Crippen LogP contribution is -1.99. The summed E-state index contributed by atoms with van der Waals surface area (Å²) >= 11 is 0. The monoisotopic (exact) mass is 214 g/mol. The van der Waals surface area contributed by atoms with Gasteiger partial charge in [0.05, 0.1) is 23.4 Å². The topological polar surface area (TPSA) is 43.6 Å². The van der Waals surface area contributed by atoms with E-state index < -0.39 is 5.82 Å². The van der Waals surface area contributed by atoms with Crippen LogP contribution in [0.5, 0.6) is 0 Å². The van der Waals surface area contributed by atoms with Gasteiger partial charge in [-0.25, -0.2) is 19.3 Å². The number of para-hydroxylation sites is 2. The zero-order valence-corrected chi connectivity index (χ0v) is 8.21. The summed E-state index contributed by atoms with van der Waals surface area (Å²) < 4.78 is 14.4. The Balaban J connectivity index is 2.22. The van der Waals surface area contributed by atoms with Gasteiger partial charge in [-0.2, -0.15) is 0 Å². The van der Waals surface area contributed by atoms with Crippen molar-refractivity contribution in [2.75, 3.05) is 0 Å². The third-order valence-electron chi connectivity index (χ3n) is 2.28. The lowest BCUT2D eigenvalue weighted by Gasteiger charge is -2.00. The summed E-state index contributed by atoms with van der Waals surface area (Å²) in [7, 11) is 0. The fraction of sp³-hybridized carbons (Fsp3) is 0. The van der Waals surface area contributed by atoms with E-state index >= 15 is 0 Å². The Kier molecular flexibility index (Phi) is 1.89. The standard InChI is InChI=1S/C11H7FN4/c12-8-5-13-11(14-6-8)16-7-15-9-3-1-2-4-10(9)16/h1-7H. The van der Waals surface area contributed by atoms with Crippen molar-refractivity contribution in [3.05, 3.63) is 48.8 Å². The number of hydrogen-bond acceptors (Lipinski definition) is 3. The van der Waals surface area contributed by atoms with E-state index in [0.29, 0.717) is 5.95 Å². The first-order chi connectivity index (χ1) is 7.84. The third-order valence-corrected chi connectivity index (χ3v) is 2.28. The minimum absolute atomic E-state index is 0.412. The van der Waals surface area contributed by atoms with Crippen molar-refractivity contribution in [1.29, 1.82) is 0 Å². The molecule has 0 fully saturated rings. The van der Waals surface area contributed by atoms with Gasteiger partial charge in [-0.1, -0.05) is 12.1 Å². The van der Waals surface area contributed by atoms with Gasteiger partial charge >= 0.3 is 0 Å². The summed E-state index contributed by atoms with van der Waals surface area (Å²) in [4.78, 5) is 12.0. The Morgan fingerprint density at radius 2 is 1.75 bits per heavy atom. The molecule has 78 valence electrons. The summed E-state index contributed by atoms with van der Waals surface area (Å²) in [6, 6.07) is 7.62. The Labute approximate surface area is 90.4 Å². The van der Waals surface area contributed by atoms with E-state index in [0.717, 1.165) is 23.4 Å². The number of benzene rings is 1. The molecule has 5 heteroatoms. The van der Waals surface area contributed by atoms with Crippen molar-refractivity contribution >= 4 is 11.0 Å². The highest BCUT2D eigenvalue weighted by Crippen LogP contribution is 2.14. The van der Waals surface area contributed by atoms with E-state index in [1.54, 1.807) is 10.9 Å². The number of rotatable bonds is 1. The molecule has 3 rings (SSSR count). The summed E-state index contributed by atoms with van der Waals surface area (Å²) in [6.07, 6.45) is 3.89. The van der Waals surface area contributed by atoms with Gasteiger partial charge in [0.1, 0.15) is 6.33 Å². The van der Waals surface area contributed by atoms with Crippen molar-refractivity contribution < 1.29 is 4.39 Å². The molecule has 0 spiro atoms. The maximum atomic E-state index is 12.7. The van der Waals surface area contributed by atoms with Crippen LogP contribution in [0.15, 0.2) is 43.0 Å². The first-order valence-electron chi connectivity index (χ1n) is 4.74. The number of aromatic nitrogens is 4. The van der Waals surface area contributed by atoms with Gasteiger partial charge in [0.15, 0.2) is 5.82 Å². The van der Waals surface area contributed by atoms with Crippen LogP contribution in [-0.4, -0.2) is 19.5 Å². The molecule has 0 amide bonds. The van der Waals surface area contributed by atoms with Crippen LogP contribution in [-0.2, 0) is 0 Å². The molecule has 4 nitrogen and oxygen atoms in total. The van der Waals surface area contributed by atoms with Crippen molar-refractivity contribution in [2.24, 2.45) is 0 Å². The molecule has 0 radical (unpaired) electrons. The van der Waals surface area contributed by atoms with Crippen LogP contribution < -0.4 is 0 Å². The molecule has 0 aliphatic heterocycles. The Bertz CT molecular complexity index is 630. The quantitative estimate of drug-likeness (QED) is 0.621. The van der Waals surface area contributed by atoms with Crippen LogP contribution >= 0.6 is 0 Å². The molecule has 3 aromatic rings. The molecule has 0 unspecified atom stereocenters. The van der Waals surface area contributed by atoms with Crippen LogP contribution in [0.4, 0.5) is 4.39 Å². The lowest BCUT2D eigenvalue weighted by atomic mass is 10.3. The van der Waals surface area contributed by atoms with Crippen LogP contribution in [0.25, 0.3) is 17.0 Å². The van der Waals surface area contributed by atoms with E-state index in [4.69, 9.17) is 0 Å². The number of fused-ring (bicyclic) bond motifs is 1. The summed E-state index contributed by atoms with van der Waals surface area (Å²) in [6.45, 7) is 0. The Morgan fingerprint density at radius 1 is 1.00 bits per heavy atom. The molecule has 0 saturated heterocycles. The highest BCUT2D eigenvalue weighted by molar-refractivity contribution is 5.76. The van der Waals surface area contributed by atoms with Crippen LogP contribution in [0, 0.1) is 5.82 Å². The van der Waals surface area contributed by atoms with E-state index in [-0.39, 0.29) is 0 Å². The second-order valence-electron chi connectivity index (χ2n) is 3.30. The van der Waals surface area contributed by atoms with Gasteiger partial charge in [-0.15, -0.1) is 0 Å². The van der Waals surface area contributed by atoms with Crippen LogP contribution in [0.2, 0.25) is 0 Å². The van der Waals surface area contributed by atoms with Crippen molar-refractivity contribution in [3.63, 3.8) is 0 Å². The van der Waals surface area contributed by atoms with Gasteiger partial charge in [0, 0.05) is 0 Å². The average molecular weight is 214 g/mol. The first kappa shape index (κ1) is 8.96. The molecule has 0 aliphatic carbocycles. The lowest BCUT2D eigenvalue weighted by molar-refractivity contribution is 0.611. The average Bonchev–Trinajstić information content (AvgIpc) is 2.74. The normalized spacial score (nSPS) is 10.8. The molecule has 0 aliphatic rings. The summed E-state index contributed by atoms with van der Waals surface area (Å²) in [5.41, 5.74) is 1.75. The summed E-state index contributed by atoms with van der Waals surface area (Å²) in [5, 5.41) is 0. The maximum Gasteiger partial charge on any atom is 0.235 e. The largest absolute Gasteiger partial charge is 0.267 e. The third kappa shape index (κ3) is 1.33. The van der Waals surface area contributed by atoms with Gasteiger partial charge < -0.3 is 0 Å². The molecule has 2 heterocycles. The second-order valence-corrected chi connectivity index (χ2v) is 3.30. The van der Waals surface area contributed by atoms with Gasteiger partial charge in [-0.3, -0.25) is 4.57 Å². The Morgan fingerprint density at radius 3 is 2.56 bits per heavy atom. The molecule has 16 heavy (non-hydrogen) atoms. The fourth-order valence-corrected chi connectivity index (χ4v) is 1.55. The molecule has 0 atom stereocenters. The molecular formula is C11H7FN4. The molecular weight excluding hydrogens is 207 g/mol. The van der Waals surface area contributed by atoms with Crippen molar-refractivity contribution in [1.82, 2.24) is 19.5 Å². The van der Waals surface area contributed by atoms with E-state index in [2.05, 4.69) is 15.0 Å². The zero-order chi connectivity index (χ0) is 11.0. The smallest absolute Gasteiger partial charge is 0.235 e. The zero-order valence-electron chi connectivity index (χ0n) is 8.21. The molecule has 0 bridgehead atoms. The van der Waals surface area contributed by atoms with E-state index in [1.165, 1.54) is 0 Å². The molecule has 0 N–H and O–H groups in total. The van der Waals surface area contributed by atoms with E-state index in [1.807, 2.05) is 24.3 Å². The predicted molar refractivity (Wildman–Crippen MR) is 56.6 cm³/mol. The fourth-order valence-electron chi connectivity index (χ4n) is 1.55. The van der Waals surface area contributed by atoms with Gasteiger partial charge in [0.25, 0.3) is 0 Å². The maximum absolute atomic E-state index is 12.7. The van der Waals surface area contributed by atoms with E-state index in [9.17, 15) is 4.39 Å². The van der Waals surface area contributed by atoms with Crippen molar-refractivity contribution in [2.45, 2.75) is 0 Å². The van der Waals surface area contributed by atoms with Crippen LogP contribution in [0.1, 0.15) is 0 Å². The number of halogens is 1. The minimum Gasteiger partial charge on any atom is -0.267 e.